The number of rotatable bonds is 32. The molecule has 618 valence electrons. The predicted molar refractivity (Wildman–Crippen MR) is 441 cm³/mol. The Morgan fingerprint density at radius 3 is 0.865 bits per heavy atom. The monoisotopic (exact) mass is 1640 g/mol. The summed E-state index contributed by atoms with van der Waals surface area (Å²) in [6, 6.07) is 35.2. The molecule has 6 aromatic rings. The van der Waals surface area contributed by atoms with Crippen LogP contribution in [-0.4, -0.2) is 277 Å². The van der Waals surface area contributed by atoms with Gasteiger partial charge in [-0.05, 0) is 186 Å². The lowest BCUT2D eigenvalue weighted by molar-refractivity contribution is -0.142. The van der Waals surface area contributed by atoms with Crippen LogP contribution < -0.4 is 45.3 Å². The molecule has 3 heterocycles. The lowest BCUT2D eigenvalue weighted by Crippen LogP contribution is -2.44. The number of piperazine rings is 3. The van der Waals surface area contributed by atoms with Crippen LogP contribution in [0.4, 0.5) is 17.1 Å². The van der Waals surface area contributed by atoms with Gasteiger partial charge in [0.1, 0.15) is 37.1 Å². The maximum Gasteiger partial charge on any atom is 0.329 e. The third kappa shape index (κ3) is 29.5. The van der Waals surface area contributed by atoms with E-state index in [2.05, 4.69) is 110 Å². The number of hydrogen-bond acceptors (Lipinski definition) is 22. The number of amides is 2. The Hall–Kier alpha value is -7.44. The Labute approximate surface area is 671 Å². The minimum atomic E-state index is -3.70. The van der Waals surface area contributed by atoms with Gasteiger partial charge in [0.2, 0.25) is 41.9 Å². The van der Waals surface area contributed by atoms with E-state index in [1.165, 1.54) is 59.5 Å². The number of likely N-dealkylation sites (N-methyl/N-ethyl adjacent to an activating group) is 6. The Balaban J connectivity index is 0.000000325. The van der Waals surface area contributed by atoms with Gasteiger partial charge in [0.05, 0.1) is 55.8 Å². The third-order valence-electron chi connectivity index (χ3n) is 19.0. The number of carbonyl (C=O) groups excluding carboxylic acids is 2. The first-order chi connectivity index (χ1) is 51.7. The first-order valence-corrected chi connectivity index (χ1v) is 40.6. The summed E-state index contributed by atoms with van der Waals surface area (Å²) in [5.74, 6) is 0.253. The molecule has 0 radical (unpaired) electrons. The third-order valence-corrected chi connectivity index (χ3v) is 25.5. The lowest BCUT2D eigenvalue weighted by Gasteiger charge is -2.34. The van der Waals surface area contributed by atoms with Crippen LogP contribution in [0.1, 0.15) is 50.1 Å². The van der Waals surface area contributed by atoms with Gasteiger partial charge in [-0.25, -0.2) is 30.0 Å². The predicted octanol–water partition coefficient (Wildman–Crippen LogP) is 6.81. The molecule has 3 fully saturated rings. The van der Waals surface area contributed by atoms with Crippen LogP contribution in [-0.2, 0) is 78.3 Å². The standard InChI is InChI=1S/2C26H38N4O5S.C14H21NO6S.C12H19N3.2ClH/c2*1-20-16-24(34-5)17-21(2)26(20)36(32,33)29(4)14-15-35-19-25(31)27-18-22-6-8-23(9-7-22)30-12-10-28(3)11-13-30;1-10-7-12(20-4)8-11(2)14(10)22(18,19)15(3)5-6-21-9-13(16)17;1-14-6-8-15(9-7-14)12-4-2-11(10-13)3-5-12;;/h2*6-9,16-17H,10-15,18-19H2,1-5H3,(H,27,31);7-8H,5-6,9H2,1-4H3,(H,16,17);2-5H,6-10,13H2,1H3;2*1H. The highest BCUT2D eigenvalue weighted by molar-refractivity contribution is 7.89. The molecule has 33 heteroatoms. The van der Waals surface area contributed by atoms with Crippen molar-refractivity contribution in [2.45, 2.75) is 75.9 Å². The number of methoxy groups -OCH3 is 3. The van der Waals surface area contributed by atoms with Crippen LogP contribution in [0, 0.1) is 41.5 Å². The van der Waals surface area contributed by atoms with Gasteiger partial charge in [0, 0.05) is 156 Å². The molecule has 0 aromatic heterocycles. The number of nitrogens with zero attached hydrogens (tertiary/aromatic N) is 9. The molecule has 3 aliphatic rings. The van der Waals surface area contributed by atoms with E-state index in [-0.39, 0.29) is 104 Å². The van der Waals surface area contributed by atoms with Crippen LogP contribution in [0.2, 0.25) is 0 Å². The maximum atomic E-state index is 13.0. The average molecular weight is 1650 g/mol. The van der Waals surface area contributed by atoms with E-state index in [0.29, 0.717) is 70.3 Å². The van der Waals surface area contributed by atoms with Crippen LogP contribution in [0.3, 0.4) is 0 Å². The molecule has 0 unspecified atom stereocenters. The summed E-state index contributed by atoms with van der Waals surface area (Å²) in [7, 11) is 4.45. The number of sulfonamides is 3. The first-order valence-electron chi connectivity index (χ1n) is 36.3. The van der Waals surface area contributed by atoms with Crippen LogP contribution in [0.15, 0.2) is 124 Å². The highest BCUT2D eigenvalue weighted by Gasteiger charge is 2.29. The second kappa shape index (κ2) is 46.7. The molecule has 2 amide bonds. The molecular formula is C78H118Cl2N12O16S3. The van der Waals surface area contributed by atoms with Gasteiger partial charge in [-0.2, -0.15) is 12.9 Å². The zero-order valence-electron chi connectivity index (χ0n) is 67.1. The summed E-state index contributed by atoms with van der Waals surface area (Å²) < 4.78 is 112. The fraction of sp³-hybridized carbons (Fsp3) is 0.500. The Morgan fingerprint density at radius 2 is 0.640 bits per heavy atom. The van der Waals surface area contributed by atoms with Gasteiger partial charge in [-0.15, -0.1) is 24.8 Å². The number of carboxylic acid groups (broad SMARTS) is 1. The summed E-state index contributed by atoms with van der Waals surface area (Å²) in [5, 5.41) is 14.2. The number of anilines is 3. The molecule has 3 aliphatic heterocycles. The van der Waals surface area contributed by atoms with E-state index in [0.717, 1.165) is 94.0 Å². The Bertz CT molecular complexity index is 4000. The van der Waals surface area contributed by atoms with Crippen molar-refractivity contribution < 1.29 is 73.2 Å². The molecule has 0 atom stereocenters. The number of carbonyl (C=O) groups is 3. The number of aliphatic carboxylic acids is 1. The van der Waals surface area contributed by atoms with Crippen LogP contribution in [0.5, 0.6) is 17.2 Å². The van der Waals surface area contributed by atoms with Crippen LogP contribution in [0.25, 0.3) is 0 Å². The van der Waals surface area contributed by atoms with Gasteiger partial charge in [0.15, 0.2) is 0 Å². The van der Waals surface area contributed by atoms with Crippen molar-refractivity contribution in [2.24, 2.45) is 5.73 Å². The molecule has 0 aliphatic carbocycles. The Morgan fingerprint density at radius 1 is 0.405 bits per heavy atom. The fourth-order valence-corrected chi connectivity index (χ4v) is 17.1. The average Bonchev–Trinajstić information content (AvgIpc) is 0.793. The molecular weight excluding hydrogens is 1530 g/mol. The molecule has 111 heavy (non-hydrogen) atoms. The summed E-state index contributed by atoms with van der Waals surface area (Å²) in [4.78, 5) is 49.6. The molecule has 0 spiro atoms. The van der Waals surface area contributed by atoms with Gasteiger partial charge in [-0.3, -0.25) is 9.59 Å². The van der Waals surface area contributed by atoms with E-state index < -0.39 is 42.6 Å². The zero-order chi connectivity index (χ0) is 80.2. The normalized spacial score (nSPS) is 14.4. The van der Waals surface area contributed by atoms with Crippen molar-refractivity contribution in [2.75, 3.05) is 216 Å². The number of aryl methyl sites for hydroxylation is 6. The second-order valence-electron chi connectivity index (χ2n) is 27.4. The number of ether oxygens (including phenoxy) is 6. The van der Waals surface area contributed by atoms with Gasteiger partial charge >= 0.3 is 5.97 Å². The number of nitrogens with two attached hydrogens (primary N) is 1. The van der Waals surface area contributed by atoms with E-state index in [4.69, 9.17) is 39.3 Å². The highest BCUT2D eigenvalue weighted by atomic mass is 35.5. The van der Waals surface area contributed by atoms with Crippen LogP contribution >= 0.6 is 24.8 Å². The lowest BCUT2D eigenvalue weighted by atomic mass is 10.1. The maximum absolute atomic E-state index is 13.0. The minimum Gasteiger partial charge on any atom is -0.497 e. The topological polar surface area (TPSA) is 308 Å². The van der Waals surface area contributed by atoms with Crippen molar-refractivity contribution in [3.05, 3.63) is 159 Å². The summed E-state index contributed by atoms with van der Waals surface area (Å²) >= 11 is 0. The first kappa shape index (κ1) is 95.9. The molecule has 0 saturated carbocycles. The minimum absolute atomic E-state index is 0. The number of hydrogen-bond donors (Lipinski definition) is 4. The summed E-state index contributed by atoms with van der Waals surface area (Å²) in [5.41, 5.74) is 16.2. The molecule has 3 saturated heterocycles. The summed E-state index contributed by atoms with van der Waals surface area (Å²) in [6.45, 7) is 24.5. The van der Waals surface area contributed by atoms with Crippen molar-refractivity contribution in [3.63, 3.8) is 0 Å². The van der Waals surface area contributed by atoms with Crippen molar-refractivity contribution in [3.8, 4) is 17.2 Å². The van der Waals surface area contributed by atoms with Crippen molar-refractivity contribution in [1.82, 2.24) is 38.2 Å². The highest BCUT2D eigenvalue weighted by Crippen LogP contribution is 2.31. The van der Waals surface area contributed by atoms with E-state index in [9.17, 15) is 39.6 Å². The van der Waals surface area contributed by atoms with Gasteiger partial charge in [-0.1, -0.05) is 36.4 Å². The quantitative estimate of drug-likeness (QED) is 0.0315. The van der Waals surface area contributed by atoms with E-state index in [1.807, 2.05) is 24.3 Å². The Kier molecular flexibility index (Phi) is 40.3. The SMILES string of the molecule is CN1CCN(c2ccc(CN)cc2)CC1.COc1cc(C)c(S(=O)(=O)N(C)CCOCC(=O)NCc2ccc(N3CCN(C)CC3)cc2)c(C)c1.COc1cc(C)c(S(=O)(=O)N(C)CCOCC(=O)NCc2ccc(N3CCN(C)CC3)cc2)c(C)c1.COc1cc(C)c(S(=O)(=O)N(C)CCOCC(=O)O)c(C)c1.Cl.Cl. The van der Waals surface area contributed by atoms with E-state index in [1.54, 1.807) is 92.2 Å². The molecule has 0 bridgehead atoms. The molecule has 28 nitrogen and oxygen atoms in total. The van der Waals surface area contributed by atoms with Gasteiger partial charge in [0.25, 0.3) is 0 Å². The van der Waals surface area contributed by atoms with Gasteiger partial charge < -0.3 is 79.3 Å². The van der Waals surface area contributed by atoms with Crippen molar-refractivity contribution >= 4 is 89.7 Å². The van der Waals surface area contributed by atoms with E-state index >= 15 is 0 Å². The fourth-order valence-electron chi connectivity index (χ4n) is 12.4. The largest absolute Gasteiger partial charge is 0.497 e. The van der Waals surface area contributed by atoms with Crippen molar-refractivity contribution in [1.29, 1.82) is 0 Å². The number of halogens is 2. The number of carboxylic acids is 1. The molecule has 6 aromatic carbocycles. The molecule has 5 N–H and O–H groups in total. The number of benzene rings is 6. The number of nitrogens with one attached hydrogen (secondary N) is 2. The summed E-state index contributed by atoms with van der Waals surface area (Å²) in [6.07, 6.45) is 0. The zero-order valence-corrected chi connectivity index (χ0v) is 71.2. The second-order valence-corrected chi connectivity index (χ2v) is 33.4. The molecule has 9 rings (SSSR count). The smallest absolute Gasteiger partial charge is 0.329 e.